The summed E-state index contributed by atoms with van der Waals surface area (Å²) in [5, 5.41) is 2.61. The first-order chi connectivity index (χ1) is 11.3. The number of benzene rings is 1. The topological polar surface area (TPSA) is 102 Å². The first kappa shape index (κ1) is 20.1. The molecule has 0 aliphatic carbocycles. The van der Waals surface area contributed by atoms with Gasteiger partial charge in [-0.25, -0.2) is 13.1 Å². The Bertz CT molecular complexity index is 656. The predicted octanol–water partition coefficient (Wildman–Crippen LogP) is 2.05. The average Bonchev–Trinajstić information content (AvgIpc) is 2.53. The summed E-state index contributed by atoms with van der Waals surface area (Å²) in [7, 11) is -3.57. The van der Waals surface area contributed by atoms with E-state index in [-0.39, 0.29) is 36.3 Å². The summed E-state index contributed by atoms with van der Waals surface area (Å²) in [5.74, 6) is -0.762. The Morgan fingerprint density at radius 2 is 1.75 bits per heavy atom. The molecule has 0 aliphatic rings. The van der Waals surface area contributed by atoms with Gasteiger partial charge in [0.25, 0.3) is 0 Å². The number of hydrogen-bond acceptors (Lipinski definition) is 5. The third kappa shape index (κ3) is 6.67. The lowest BCUT2D eigenvalue weighted by Gasteiger charge is -2.12. The molecule has 0 radical (unpaired) electrons. The maximum absolute atomic E-state index is 12.1. The summed E-state index contributed by atoms with van der Waals surface area (Å²) in [6, 6.07) is 5.70. The smallest absolute Gasteiger partial charge is 0.306 e. The highest BCUT2D eigenvalue weighted by Crippen LogP contribution is 2.15. The molecule has 0 aromatic heterocycles. The van der Waals surface area contributed by atoms with Crippen LogP contribution in [0.3, 0.4) is 0 Å². The number of carbonyl (C=O) groups excluding carboxylic acids is 2. The van der Waals surface area contributed by atoms with Crippen molar-refractivity contribution in [3.63, 3.8) is 0 Å². The highest BCUT2D eigenvalue weighted by atomic mass is 32.2. The second-order valence-corrected chi connectivity index (χ2v) is 7.02. The Morgan fingerprint density at radius 1 is 1.12 bits per heavy atom. The quantitative estimate of drug-likeness (QED) is 0.659. The molecule has 24 heavy (non-hydrogen) atoms. The zero-order valence-corrected chi connectivity index (χ0v) is 15.0. The average molecular weight is 356 g/mol. The Hall–Kier alpha value is -1.93. The molecule has 1 aromatic carbocycles. The second kappa shape index (κ2) is 9.39. The molecule has 0 heterocycles. The third-order valence-electron chi connectivity index (χ3n) is 3.28. The van der Waals surface area contributed by atoms with Gasteiger partial charge in [-0.3, -0.25) is 9.59 Å². The molecule has 1 rings (SSSR count). The number of amides is 1. The van der Waals surface area contributed by atoms with Gasteiger partial charge < -0.3 is 10.1 Å². The lowest BCUT2D eigenvalue weighted by molar-refractivity contribution is -0.144. The molecule has 7 nitrogen and oxygen atoms in total. The van der Waals surface area contributed by atoms with Crippen molar-refractivity contribution in [1.82, 2.24) is 4.72 Å². The first-order valence-electron chi connectivity index (χ1n) is 7.86. The minimum absolute atomic E-state index is 0.00492. The molecule has 0 fully saturated rings. The monoisotopic (exact) mass is 356 g/mol. The maximum atomic E-state index is 12.1. The van der Waals surface area contributed by atoms with Crippen LogP contribution in [0.25, 0.3) is 0 Å². The minimum Gasteiger partial charge on any atom is -0.466 e. The van der Waals surface area contributed by atoms with E-state index in [0.29, 0.717) is 12.1 Å². The van der Waals surface area contributed by atoms with Crippen molar-refractivity contribution in [2.45, 2.75) is 51.0 Å². The summed E-state index contributed by atoms with van der Waals surface area (Å²) in [5.41, 5.74) is 0.464. The molecule has 0 aliphatic heterocycles. The Labute approximate surface area is 142 Å². The van der Waals surface area contributed by atoms with Crippen molar-refractivity contribution in [2.24, 2.45) is 0 Å². The van der Waals surface area contributed by atoms with Crippen LogP contribution in [-0.4, -0.2) is 32.9 Å². The zero-order valence-electron chi connectivity index (χ0n) is 14.2. The highest BCUT2D eigenvalue weighted by Gasteiger charge is 2.16. The van der Waals surface area contributed by atoms with Crippen LogP contribution in [0.2, 0.25) is 0 Å². The largest absolute Gasteiger partial charge is 0.466 e. The molecule has 0 saturated heterocycles. The van der Waals surface area contributed by atoms with Gasteiger partial charge in [-0.2, -0.15) is 0 Å². The van der Waals surface area contributed by atoms with Gasteiger partial charge in [-0.1, -0.05) is 6.92 Å². The van der Waals surface area contributed by atoms with Crippen molar-refractivity contribution in [3.8, 4) is 0 Å². The normalized spacial score (nSPS) is 12.5. The summed E-state index contributed by atoms with van der Waals surface area (Å²) in [4.78, 5) is 23.1. The third-order valence-corrected chi connectivity index (χ3v) is 4.88. The van der Waals surface area contributed by atoms with E-state index in [4.69, 9.17) is 4.74 Å². The maximum Gasteiger partial charge on any atom is 0.306 e. The van der Waals surface area contributed by atoms with Crippen LogP contribution in [-0.2, 0) is 24.3 Å². The number of hydrogen-bond donors (Lipinski definition) is 2. The van der Waals surface area contributed by atoms with Crippen molar-refractivity contribution < 1.29 is 22.7 Å². The number of rotatable bonds is 9. The minimum atomic E-state index is -3.57. The van der Waals surface area contributed by atoms with E-state index in [2.05, 4.69) is 10.0 Å². The molecule has 1 aromatic rings. The van der Waals surface area contributed by atoms with Gasteiger partial charge >= 0.3 is 5.97 Å². The zero-order chi connectivity index (χ0) is 18.2. The van der Waals surface area contributed by atoms with E-state index in [1.54, 1.807) is 13.8 Å². The van der Waals surface area contributed by atoms with Gasteiger partial charge in [0.15, 0.2) is 0 Å². The molecule has 8 heteroatoms. The number of esters is 1. The molecule has 1 amide bonds. The highest BCUT2D eigenvalue weighted by molar-refractivity contribution is 7.89. The second-order valence-electron chi connectivity index (χ2n) is 5.31. The van der Waals surface area contributed by atoms with Crippen molar-refractivity contribution in [1.29, 1.82) is 0 Å². The molecule has 1 unspecified atom stereocenters. The fourth-order valence-corrected chi connectivity index (χ4v) is 3.13. The van der Waals surface area contributed by atoms with E-state index >= 15 is 0 Å². The van der Waals surface area contributed by atoms with E-state index in [1.807, 2.05) is 6.92 Å². The Kier molecular flexibility index (Phi) is 7.87. The molecule has 2 N–H and O–H groups in total. The van der Waals surface area contributed by atoms with E-state index in [1.165, 1.54) is 24.3 Å². The van der Waals surface area contributed by atoms with E-state index < -0.39 is 16.0 Å². The molecule has 1 atom stereocenters. The van der Waals surface area contributed by atoms with Crippen molar-refractivity contribution in [2.75, 3.05) is 11.9 Å². The molecule has 0 bridgehead atoms. The number of sulfonamides is 1. The van der Waals surface area contributed by atoms with Crippen LogP contribution in [0.4, 0.5) is 5.69 Å². The fourth-order valence-electron chi connectivity index (χ4n) is 1.81. The summed E-state index contributed by atoms with van der Waals surface area (Å²) in [6.07, 6.45) is 0.702. The van der Waals surface area contributed by atoms with Gasteiger partial charge in [0.2, 0.25) is 15.9 Å². The van der Waals surface area contributed by atoms with Crippen LogP contribution >= 0.6 is 0 Å². The number of ether oxygens (including phenoxy) is 1. The SMILES string of the molecule is CCOC(=O)CCC(=O)Nc1ccc(S(=O)(=O)NC(C)CC)cc1. The van der Waals surface area contributed by atoms with Crippen molar-refractivity contribution >= 4 is 27.6 Å². The van der Waals surface area contributed by atoms with Crippen LogP contribution in [0.1, 0.15) is 40.0 Å². The molecule has 134 valence electrons. The lowest BCUT2D eigenvalue weighted by Crippen LogP contribution is -2.31. The summed E-state index contributed by atoms with van der Waals surface area (Å²) >= 11 is 0. The Morgan fingerprint density at radius 3 is 2.29 bits per heavy atom. The van der Waals surface area contributed by atoms with Crippen LogP contribution < -0.4 is 10.0 Å². The fraction of sp³-hybridized carbons (Fsp3) is 0.500. The first-order valence-corrected chi connectivity index (χ1v) is 9.34. The van der Waals surface area contributed by atoms with E-state index in [9.17, 15) is 18.0 Å². The van der Waals surface area contributed by atoms with E-state index in [0.717, 1.165) is 0 Å². The van der Waals surface area contributed by atoms with Gasteiger partial charge in [-0.15, -0.1) is 0 Å². The number of anilines is 1. The van der Waals surface area contributed by atoms with Crippen LogP contribution in [0, 0.1) is 0 Å². The molecular weight excluding hydrogens is 332 g/mol. The summed E-state index contributed by atoms with van der Waals surface area (Å²) in [6.45, 7) is 5.66. The standard InChI is InChI=1S/C16H24N2O5S/c1-4-12(3)18-24(21,22)14-8-6-13(7-9-14)17-15(19)10-11-16(20)23-5-2/h6-9,12,18H,4-5,10-11H2,1-3H3,(H,17,19). The van der Waals surface area contributed by atoms with Gasteiger partial charge in [0.1, 0.15) is 0 Å². The Balaban J connectivity index is 2.61. The van der Waals surface area contributed by atoms with Crippen molar-refractivity contribution in [3.05, 3.63) is 24.3 Å². The molecule has 0 spiro atoms. The van der Waals surface area contributed by atoms with Gasteiger partial charge in [-0.05, 0) is 44.5 Å². The van der Waals surface area contributed by atoms with Crippen LogP contribution in [0.15, 0.2) is 29.2 Å². The number of nitrogens with one attached hydrogen (secondary N) is 2. The lowest BCUT2D eigenvalue weighted by atomic mass is 10.2. The predicted molar refractivity (Wildman–Crippen MR) is 91.0 cm³/mol. The van der Waals surface area contributed by atoms with Gasteiger partial charge in [0, 0.05) is 18.2 Å². The molecule has 0 saturated carbocycles. The summed E-state index contributed by atoms with van der Waals surface area (Å²) < 4.78 is 31.6. The van der Waals surface area contributed by atoms with Crippen LogP contribution in [0.5, 0.6) is 0 Å². The molecular formula is C16H24N2O5S. The number of carbonyl (C=O) groups is 2. The van der Waals surface area contributed by atoms with Gasteiger partial charge in [0.05, 0.1) is 17.9 Å².